The predicted octanol–water partition coefficient (Wildman–Crippen LogP) is 2.38. The van der Waals surface area contributed by atoms with Crippen molar-refractivity contribution < 1.29 is 4.79 Å². The monoisotopic (exact) mass is 234 g/mol. The van der Waals surface area contributed by atoms with Gasteiger partial charge in [0.05, 0.1) is 11.6 Å². The fourth-order valence-corrected chi connectivity index (χ4v) is 1.74. The standard InChI is InChI=1S/C14H22N2O/c1-4-14(15,5-2)13(17)16-11(3)12-9-7-6-8-10-12/h6-11H,4-5,15H2,1-3H3,(H,16,17). The fourth-order valence-electron chi connectivity index (χ4n) is 1.74. The highest BCUT2D eigenvalue weighted by molar-refractivity contribution is 5.86. The fraction of sp³-hybridized carbons (Fsp3) is 0.500. The Morgan fingerprint density at radius 2 is 1.82 bits per heavy atom. The number of benzene rings is 1. The van der Waals surface area contributed by atoms with E-state index >= 15 is 0 Å². The number of rotatable bonds is 5. The van der Waals surface area contributed by atoms with Crippen LogP contribution in [-0.4, -0.2) is 11.4 Å². The summed E-state index contributed by atoms with van der Waals surface area (Å²) in [6.45, 7) is 5.85. The predicted molar refractivity (Wildman–Crippen MR) is 70.5 cm³/mol. The quantitative estimate of drug-likeness (QED) is 0.822. The van der Waals surface area contributed by atoms with Crippen LogP contribution in [0.5, 0.6) is 0 Å². The van der Waals surface area contributed by atoms with Gasteiger partial charge in [0, 0.05) is 0 Å². The van der Waals surface area contributed by atoms with Crippen LogP contribution in [-0.2, 0) is 4.79 Å². The summed E-state index contributed by atoms with van der Waals surface area (Å²) in [5, 5.41) is 2.97. The number of hydrogen-bond acceptors (Lipinski definition) is 2. The maximum atomic E-state index is 12.1. The van der Waals surface area contributed by atoms with Gasteiger partial charge in [-0.3, -0.25) is 4.79 Å². The van der Waals surface area contributed by atoms with Crippen LogP contribution in [0.4, 0.5) is 0 Å². The van der Waals surface area contributed by atoms with Gasteiger partial charge >= 0.3 is 0 Å². The summed E-state index contributed by atoms with van der Waals surface area (Å²) in [6, 6.07) is 9.89. The van der Waals surface area contributed by atoms with Crippen molar-refractivity contribution in [1.82, 2.24) is 5.32 Å². The third-order valence-corrected chi connectivity index (χ3v) is 3.36. The topological polar surface area (TPSA) is 55.1 Å². The first-order chi connectivity index (χ1) is 8.03. The Morgan fingerprint density at radius 1 is 1.29 bits per heavy atom. The largest absolute Gasteiger partial charge is 0.348 e. The van der Waals surface area contributed by atoms with Crippen molar-refractivity contribution in [1.29, 1.82) is 0 Å². The molecule has 1 aromatic rings. The van der Waals surface area contributed by atoms with Gasteiger partial charge in [-0.1, -0.05) is 44.2 Å². The van der Waals surface area contributed by atoms with Gasteiger partial charge in [0.2, 0.25) is 5.91 Å². The molecule has 1 amide bonds. The number of carbonyl (C=O) groups excluding carboxylic acids is 1. The molecule has 0 spiro atoms. The van der Waals surface area contributed by atoms with E-state index in [4.69, 9.17) is 5.73 Å². The summed E-state index contributed by atoms with van der Waals surface area (Å²) in [5.41, 5.74) is 6.40. The van der Waals surface area contributed by atoms with Gasteiger partial charge in [0.1, 0.15) is 0 Å². The molecule has 94 valence electrons. The number of nitrogens with two attached hydrogens (primary N) is 1. The molecule has 0 aliphatic rings. The molecule has 0 radical (unpaired) electrons. The lowest BCUT2D eigenvalue weighted by Gasteiger charge is -2.27. The van der Waals surface area contributed by atoms with Gasteiger partial charge in [0.25, 0.3) is 0 Å². The molecule has 0 heterocycles. The van der Waals surface area contributed by atoms with Crippen molar-refractivity contribution in [3.8, 4) is 0 Å². The summed E-state index contributed by atoms with van der Waals surface area (Å²) in [4.78, 5) is 12.1. The normalized spacial score (nSPS) is 13.2. The molecule has 0 aliphatic heterocycles. The van der Waals surface area contributed by atoms with Crippen LogP contribution in [0, 0.1) is 0 Å². The van der Waals surface area contributed by atoms with E-state index in [0.717, 1.165) is 5.56 Å². The zero-order valence-electron chi connectivity index (χ0n) is 10.9. The average molecular weight is 234 g/mol. The maximum Gasteiger partial charge on any atom is 0.240 e. The smallest absolute Gasteiger partial charge is 0.240 e. The zero-order chi connectivity index (χ0) is 12.9. The molecule has 1 atom stereocenters. The van der Waals surface area contributed by atoms with E-state index in [1.807, 2.05) is 51.1 Å². The first-order valence-electron chi connectivity index (χ1n) is 6.18. The van der Waals surface area contributed by atoms with Crippen molar-refractivity contribution >= 4 is 5.91 Å². The van der Waals surface area contributed by atoms with Crippen LogP contribution in [0.1, 0.15) is 45.2 Å². The molecule has 0 saturated carbocycles. The van der Waals surface area contributed by atoms with E-state index in [0.29, 0.717) is 12.8 Å². The molecule has 1 aromatic carbocycles. The minimum atomic E-state index is -0.747. The average Bonchev–Trinajstić information content (AvgIpc) is 2.38. The molecule has 3 nitrogen and oxygen atoms in total. The minimum absolute atomic E-state index is 0.00951. The van der Waals surface area contributed by atoms with Crippen molar-refractivity contribution in [2.75, 3.05) is 0 Å². The molecule has 3 N–H and O–H groups in total. The van der Waals surface area contributed by atoms with Crippen molar-refractivity contribution in [2.24, 2.45) is 5.73 Å². The molecular formula is C14H22N2O. The lowest BCUT2D eigenvalue weighted by molar-refractivity contribution is -0.127. The van der Waals surface area contributed by atoms with Crippen molar-refractivity contribution in [3.63, 3.8) is 0 Å². The van der Waals surface area contributed by atoms with Crippen LogP contribution in [0.2, 0.25) is 0 Å². The van der Waals surface area contributed by atoms with Crippen molar-refractivity contribution in [2.45, 2.75) is 45.2 Å². The highest BCUT2D eigenvalue weighted by Crippen LogP contribution is 2.16. The Hall–Kier alpha value is -1.35. The second-order valence-electron chi connectivity index (χ2n) is 4.47. The van der Waals surface area contributed by atoms with Gasteiger partial charge in [-0.15, -0.1) is 0 Å². The Morgan fingerprint density at radius 3 is 2.29 bits per heavy atom. The third-order valence-electron chi connectivity index (χ3n) is 3.36. The van der Waals surface area contributed by atoms with Crippen molar-refractivity contribution in [3.05, 3.63) is 35.9 Å². The van der Waals surface area contributed by atoms with Gasteiger partial charge in [-0.2, -0.15) is 0 Å². The van der Waals surface area contributed by atoms with Crippen LogP contribution in [0.15, 0.2) is 30.3 Å². The molecule has 17 heavy (non-hydrogen) atoms. The van der Waals surface area contributed by atoms with E-state index in [2.05, 4.69) is 5.32 Å². The molecular weight excluding hydrogens is 212 g/mol. The maximum absolute atomic E-state index is 12.1. The van der Waals surface area contributed by atoms with Crippen LogP contribution < -0.4 is 11.1 Å². The van der Waals surface area contributed by atoms with Gasteiger partial charge < -0.3 is 11.1 Å². The van der Waals surface area contributed by atoms with Gasteiger partial charge in [-0.25, -0.2) is 0 Å². The molecule has 3 heteroatoms. The Bertz CT molecular complexity index is 358. The molecule has 1 unspecified atom stereocenters. The Kier molecular flexibility index (Phi) is 4.70. The van der Waals surface area contributed by atoms with Gasteiger partial charge in [-0.05, 0) is 25.3 Å². The first-order valence-corrected chi connectivity index (χ1v) is 6.18. The molecule has 0 fully saturated rings. The lowest BCUT2D eigenvalue weighted by atomic mass is 9.92. The summed E-state index contributed by atoms with van der Waals surface area (Å²) >= 11 is 0. The van der Waals surface area contributed by atoms with Gasteiger partial charge in [0.15, 0.2) is 0 Å². The molecule has 1 rings (SSSR count). The van der Waals surface area contributed by atoms with Crippen LogP contribution in [0.25, 0.3) is 0 Å². The Balaban J connectivity index is 2.69. The summed E-state index contributed by atoms with van der Waals surface area (Å²) in [7, 11) is 0. The second-order valence-corrected chi connectivity index (χ2v) is 4.47. The summed E-state index contributed by atoms with van der Waals surface area (Å²) in [5.74, 6) is -0.0705. The first kappa shape index (κ1) is 13.7. The minimum Gasteiger partial charge on any atom is -0.348 e. The second kappa shape index (κ2) is 5.82. The molecule has 0 bridgehead atoms. The summed E-state index contributed by atoms with van der Waals surface area (Å²) < 4.78 is 0. The SMILES string of the molecule is CCC(N)(CC)C(=O)NC(C)c1ccccc1. The molecule has 0 aliphatic carbocycles. The third kappa shape index (κ3) is 3.30. The van der Waals surface area contributed by atoms with E-state index < -0.39 is 5.54 Å². The lowest BCUT2D eigenvalue weighted by Crippen LogP contribution is -2.53. The van der Waals surface area contributed by atoms with E-state index in [9.17, 15) is 4.79 Å². The van der Waals surface area contributed by atoms with E-state index in [-0.39, 0.29) is 11.9 Å². The molecule has 0 aromatic heterocycles. The van der Waals surface area contributed by atoms with E-state index in [1.165, 1.54) is 0 Å². The summed E-state index contributed by atoms with van der Waals surface area (Å²) in [6.07, 6.45) is 1.30. The zero-order valence-corrected chi connectivity index (χ0v) is 10.9. The number of hydrogen-bond donors (Lipinski definition) is 2. The highest BCUT2D eigenvalue weighted by atomic mass is 16.2. The van der Waals surface area contributed by atoms with E-state index in [1.54, 1.807) is 0 Å². The number of amides is 1. The molecule has 0 saturated heterocycles. The number of carbonyl (C=O) groups is 1. The highest BCUT2D eigenvalue weighted by Gasteiger charge is 2.30. The number of nitrogens with one attached hydrogen (secondary N) is 1. The van der Waals surface area contributed by atoms with Crippen LogP contribution in [0.3, 0.4) is 0 Å². The van der Waals surface area contributed by atoms with Crippen LogP contribution >= 0.6 is 0 Å². The Labute approximate surface area is 103 Å².